The highest BCUT2D eigenvalue weighted by Gasteiger charge is 2.44. The molecule has 0 aliphatic rings. The highest BCUT2D eigenvalue weighted by atomic mass is 16.4. The largest absolute Gasteiger partial charge is 0.481 e. The zero-order valence-corrected chi connectivity index (χ0v) is 13.7. The van der Waals surface area contributed by atoms with Crippen LogP contribution in [0.4, 0.5) is 0 Å². The predicted molar refractivity (Wildman–Crippen MR) is 80.8 cm³/mol. The lowest BCUT2D eigenvalue weighted by molar-refractivity contribution is -0.151. The fraction of sp³-hybridized carbons (Fsp3) is 0.800. The monoisotopic (exact) mass is 300 g/mol. The van der Waals surface area contributed by atoms with Crippen LogP contribution in [-0.2, 0) is 14.4 Å². The highest BCUT2D eigenvalue weighted by Crippen LogP contribution is 2.30. The lowest BCUT2D eigenvalue weighted by Crippen LogP contribution is -2.56. The van der Waals surface area contributed by atoms with Gasteiger partial charge in [0.2, 0.25) is 11.8 Å². The van der Waals surface area contributed by atoms with Crippen molar-refractivity contribution in [2.45, 2.75) is 65.8 Å². The van der Waals surface area contributed by atoms with E-state index in [2.05, 4.69) is 10.6 Å². The van der Waals surface area contributed by atoms with E-state index in [4.69, 9.17) is 0 Å². The van der Waals surface area contributed by atoms with Crippen molar-refractivity contribution in [3.05, 3.63) is 0 Å². The van der Waals surface area contributed by atoms with Crippen molar-refractivity contribution in [3.63, 3.8) is 0 Å². The second kappa shape index (κ2) is 8.00. The molecule has 2 amide bonds. The lowest BCUT2D eigenvalue weighted by atomic mass is 9.74. The molecule has 0 atom stereocenters. The van der Waals surface area contributed by atoms with Gasteiger partial charge in [0.05, 0.1) is 5.41 Å². The van der Waals surface area contributed by atoms with Crippen LogP contribution >= 0.6 is 0 Å². The summed E-state index contributed by atoms with van der Waals surface area (Å²) in [5, 5.41) is 14.7. The van der Waals surface area contributed by atoms with Crippen LogP contribution in [0.5, 0.6) is 0 Å². The number of hydrogen-bond acceptors (Lipinski definition) is 3. The van der Waals surface area contributed by atoms with Gasteiger partial charge in [0.15, 0.2) is 0 Å². The van der Waals surface area contributed by atoms with Crippen LogP contribution < -0.4 is 10.6 Å². The molecule has 0 unspecified atom stereocenters. The molecule has 0 saturated heterocycles. The van der Waals surface area contributed by atoms with Gasteiger partial charge in [-0.25, -0.2) is 0 Å². The minimum atomic E-state index is -1.05. The van der Waals surface area contributed by atoms with E-state index in [0.717, 1.165) is 19.3 Å². The average molecular weight is 300 g/mol. The Morgan fingerprint density at radius 3 is 2.05 bits per heavy atom. The van der Waals surface area contributed by atoms with Crippen molar-refractivity contribution in [1.82, 2.24) is 10.6 Å². The van der Waals surface area contributed by atoms with Crippen LogP contribution in [0.25, 0.3) is 0 Å². The number of carbonyl (C=O) groups is 3. The summed E-state index contributed by atoms with van der Waals surface area (Å²) >= 11 is 0. The number of aliphatic carboxylic acids is 1. The van der Waals surface area contributed by atoms with Gasteiger partial charge in [-0.15, -0.1) is 0 Å². The van der Waals surface area contributed by atoms with Crippen LogP contribution in [0, 0.1) is 5.41 Å². The zero-order chi connectivity index (χ0) is 16.7. The Bertz CT molecular complexity index is 389. The van der Waals surface area contributed by atoms with Gasteiger partial charge in [-0.1, -0.05) is 6.42 Å². The zero-order valence-electron chi connectivity index (χ0n) is 13.7. The number of carboxylic acid groups (broad SMARTS) is 1. The van der Waals surface area contributed by atoms with Crippen molar-refractivity contribution in [3.8, 4) is 0 Å². The SMILES string of the molecule is CC(=O)NCCCCCC(=O)NC(C)(C)C(C)(C)C(=O)O. The van der Waals surface area contributed by atoms with Crippen LogP contribution in [0.2, 0.25) is 0 Å². The number of unbranched alkanes of at least 4 members (excludes halogenated alkanes) is 2. The van der Waals surface area contributed by atoms with Gasteiger partial charge in [0.25, 0.3) is 0 Å². The number of rotatable bonds is 9. The van der Waals surface area contributed by atoms with Crippen molar-refractivity contribution in [1.29, 1.82) is 0 Å². The maximum Gasteiger partial charge on any atom is 0.311 e. The summed E-state index contributed by atoms with van der Waals surface area (Å²) in [6.45, 7) is 8.73. The summed E-state index contributed by atoms with van der Waals surface area (Å²) in [7, 11) is 0. The molecule has 21 heavy (non-hydrogen) atoms. The van der Waals surface area contributed by atoms with Crippen LogP contribution in [0.3, 0.4) is 0 Å². The van der Waals surface area contributed by atoms with Crippen molar-refractivity contribution in [2.24, 2.45) is 5.41 Å². The molecule has 0 aliphatic carbocycles. The Morgan fingerprint density at radius 1 is 1.00 bits per heavy atom. The molecule has 0 aromatic rings. The maximum atomic E-state index is 11.9. The van der Waals surface area contributed by atoms with Gasteiger partial charge in [-0.05, 0) is 40.5 Å². The molecule has 0 spiro atoms. The summed E-state index contributed by atoms with van der Waals surface area (Å²) in [5.41, 5.74) is -1.87. The summed E-state index contributed by atoms with van der Waals surface area (Å²) < 4.78 is 0. The molecule has 0 aromatic heterocycles. The van der Waals surface area contributed by atoms with Crippen molar-refractivity contribution in [2.75, 3.05) is 6.54 Å². The van der Waals surface area contributed by atoms with Crippen LogP contribution in [0.15, 0.2) is 0 Å². The fourth-order valence-corrected chi connectivity index (χ4v) is 1.69. The quantitative estimate of drug-likeness (QED) is 0.565. The first kappa shape index (κ1) is 19.4. The molecule has 0 aromatic carbocycles. The van der Waals surface area contributed by atoms with Crippen molar-refractivity contribution >= 4 is 17.8 Å². The highest BCUT2D eigenvalue weighted by molar-refractivity contribution is 5.80. The minimum Gasteiger partial charge on any atom is -0.481 e. The molecule has 6 nitrogen and oxygen atoms in total. The predicted octanol–water partition coefficient (Wildman–Crippen LogP) is 1.69. The lowest BCUT2D eigenvalue weighted by Gasteiger charge is -2.38. The summed E-state index contributed by atoms with van der Waals surface area (Å²) in [6.07, 6.45) is 2.75. The molecule has 0 rings (SSSR count). The Balaban J connectivity index is 4.09. The first-order valence-electron chi connectivity index (χ1n) is 7.29. The first-order chi connectivity index (χ1) is 9.50. The molecule has 0 radical (unpaired) electrons. The van der Waals surface area contributed by atoms with Gasteiger partial charge >= 0.3 is 5.97 Å². The van der Waals surface area contributed by atoms with E-state index in [9.17, 15) is 19.5 Å². The topological polar surface area (TPSA) is 95.5 Å². The second-order valence-corrected chi connectivity index (χ2v) is 6.40. The van der Waals surface area contributed by atoms with Crippen LogP contribution in [0.1, 0.15) is 60.3 Å². The Kier molecular flexibility index (Phi) is 7.39. The normalized spacial score (nSPS) is 11.9. The molecule has 0 aliphatic heterocycles. The number of carboxylic acids is 1. The van der Waals surface area contributed by atoms with E-state index < -0.39 is 16.9 Å². The Morgan fingerprint density at radius 2 is 1.57 bits per heavy atom. The molecular formula is C15H28N2O4. The standard InChI is InChI=1S/C15H28N2O4/c1-11(18)16-10-8-6-7-9-12(19)17-15(4,5)14(2,3)13(20)21/h6-10H2,1-5H3,(H,16,18)(H,17,19)(H,20,21). The number of amides is 2. The Labute approximate surface area is 126 Å². The third-order valence-electron chi connectivity index (χ3n) is 4.00. The van der Waals surface area contributed by atoms with Crippen molar-refractivity contribution < 1.29 is 19.5 Å². The fourth-order valence-electron chi connectivity index (χ4n) is 1.69. The van der Waals surface area contributed by atoms with E-state index >= 15 is 0 Å². The second-order valence-electron chi connectivity index (χ2n) is 6.40. The molecule has 0 bridgehead atoms. The summed E-state index contributed by atoms with van der Waals surface area (Å²) in [4.78, 5) is 33.8. The minimum absolute atomic E-state index is 0.0506. The van der Waals surface area contributed by atoms with Gasteiger partial charge in [0.1, 0.15) is 0 Å². The third kappa shape index (κ3) is 6.60. The summed E-state index contributed by atoms with van der Waals surface area (Å²) in [6, 6.07) is 0. The Hall–Kier alpha value is -1.59. The number of carbonyl (C=O) groups excluding carboxylic acids is 2. The average Bonchev–Trinajstić information content (AvgIpc) is 2.32. The third-order valence-corrected chi connectivity index (χ3v) is 4.00. The van der Waals surface area contributed by atoms with Gasteiger partial charge < -0.3 is 15.7 Å². The molecule has 0 heterocycles. The van der Waals surface area contributed by atoms with Gasteiger partial charge in [-0.3, -0.25) is 14.4 Å². The van der Waals surface area contributed by atoms with E-state index in [0.29, 0.717) is 13.0 Å². The van der Waals surface area contributed by atoms with E-state index in [1.54, 1.807) is 27.7 Å². The molecular weight excluding hydrogens is 272 g/mol. The smallest absolute Gasteiger partial charge is 0.311 e. The molecule has 3 N–H and O–H groups in total. The number of hydrogen-bond donors (Lipinski definition) is 3. The van der Waals surface area contributed by atoms with Gasteiger partial charge in [-0.2, -0.15) is 0 Å². The van der Waals surface area contributed by atoms with E-state index in [-0.39, 0.29) is 11.8 Å². The molecule has 122 valence electrons. The number of nitrogens with one attached hydrogen (secondary N) is 2. The van der Waals surface area contributed by atoms with E-state index in [1.165, 1.54) is 6.92 Å². The van der Waals surface area contributed by atoms with Crippen LogP contribution in [-0.4, -0.2) is 35.0 Å². The van der Waals surface area contributed by atoms with Gasteiger partial charge in [0, 0.05) is 25.4 Å². The maximum absolute atomic E-state index is 11.9. The first-order valence-corrected chi connectivity index (χ1v) is 7.29. The van der Waals surface area contributed by atoms with E-state index in [1.807, 2.05) is 0 Å². The molecule has 6 heteroatoms. The molecule has 0 fully saturated rings. The summed E-state index contributed by atoms with van der Waals surface area (Å²) in [5.74, 6) is -1.14. The molecule has 0 saturated carbocycles.